The fourth-order valence-electron chi connectivity index (χ4n) is 2.78. The number of ether oxygens (including phenoxy) is 1. The molecular weight excluding hydrogens is 472 g/mol. The van der Waals surface area contributed by atoms with E-state index in [0.29, 0.717) is 6.66 Å². The van der Waals surface area contributed by atoms with Gasteiger partial charge >= 0.3 is 21.1 Å². The van der Waals surface area contributed by atoms with Crippen LogP contribution in [-0.2, 0) is 22.7 Å². The Bertz CT molecular complexity index is 921. The van der Waals surface area contributed by atoms with Gasteiger partial charge in [-0.1, -0.05) is 20.8 Å². The summed E-state index contributed by atoms with van der Waals surface area (Å²) in [7, 11) is -9.24. The van der Waals surface area contributed by atoms with E-state index in [-0.39, 0.29) is 0 Å². The lowest BCUT2D eigenvalue weighted by Gasteiger charge is -2.18. The first-order valence-corrected chi connectivity index (χ1v) is 13.3. The summed E-state index contributed by atoms with van der Waals surface area (Å²) in [6.07, 6.45) is -4.97. The molecule has 14 nitrogen and oxygen atoms in total. The molecule has 1 aliphatic heterocycles. The van der Waals surface area contributed by atoms with Gasteiger partial charge in [-0.25, -0.2) is 13.7 Å². The topological polar surface area (TPSA) is 201 Å². The Morgan fingerprint density at radius 2 is 1.69 bits per heavy atom. The fourth-order valence-corrected chi connectivity index (χ4v) is 4.83. The van der Waals surface area contributed by atoms with E-state index in [1.54, 1.807) is 0 Å². The van der Waals surface area contributed by atoms with Crippen molar-refractivity contribution in [1.29, 1.82) is 0 Å². The molecule has 16 heteroatoms. The van der Waals surface area contributed by atoms with Crippen LogP contribution in [0.5, 0.6) is 0 Å². The minimum atomic E-state index is -4.92. The van der Waals surface area contributed by atoms with Crippen molar-refractivity contribution < 1.29 is 42.7 Å². The minimum Gasteiger partial charge on any atom is -0.387 e. The van der Waals surface area contributed by atoms with Crippen molar-refractivity contribution in [2.75, 3.05) is 32.9 Å². The molecule has 0 saturated carbocycles. The second-order valence-corrected chi connectivity index (χ2v) is 10.3. The Morgan fingerprint density at radius 3 is 2.12 bits per heavy atom. The second-order valence-electron chi connectivity index (χ2n) is 6.83. The van der Waals surface area contributed by atoms with Gasteiger partial charge in [-0.05, 0) is 19.6 Å². The summed E-state index contributed by atoms with van der Waals surface area (Å²) in [5.74, 6) is 0. The molecule has 0 spiro atoms. The van der Waals surface area contributed by atoms with E-state index in [2.05, 4.69) is 34.5 Å². The number of phosphoric acid groups is 1. The zero-order valence-electron chi connectivity index (χ0n) is 18.2. The maximum absolute atomic E-state index is 11.7. The normalized spacial score (nSPS) is 26.8. The molecule has 0 bridgehead atoms. The molecule has 0 aromatic carbocycles. The average molecular weight is 503 g/mol. The second kappa shape index (κ2) is 12.3. The van der Waals surface area contributed by atoms with E-state index >= 15 is 0 Å². The van der Waals surface area contributed by atoms with Crippen molar-refractivity contribution in [2.45, 2.75) is 45.3 Å². The number of hydrogen-bond donors (Lipinski definition) is 5. The van der Waals surface area contributed by atoms with Crippen LogP contribution in [-0.4, -0.2) is 85.7 Å². The van der Waals surface area contributed by atoms with E-state index in [9.17, 15) is 33.8 Å². The predicted molar refractivity (Wildman–Crippen MR) is 113 cm³/mol. The number of phosphoric ester groups is 1. The number of aromatic nitrogens is 2. The predicted octanol–water partition coefficient (Wildman–Crippen LogP) is -0.547. The number of hydrogen-bond acceptors (Lipinski definition) is 10. The number of aliphatic hydroxyl groups is 2. The van der Waals surface area contributed by atoms with Crippen LogP contribution in [0, 0.1) is 0 Å². The van der Waals surface area contributed by atoms with Gasteiger partial charge in [-0.2, -0.15) is 0 Å². The molecule has 2 rings (SSSR count). The number of nitrogens with zero attached hydrogens (tertiary/aromatic N) is 2. The lowest BCUT2D eigenvalue weighted by molar-refractivity contribution is -0.0541. The minimum absolute atomic E-state index is 0.669. The van der Waals surface area contributed by atoms with Crippen LogP contribution in [0.4, 0.5) is 0 Å². The molecule has 0 radical (unpaired) electrons. The van der Waals surface area contributed by atoms with Crippen LogP contribution in [0.1, 0.15) is 27.0 Å². The van der Waals surface area contributed by atoms with E-state index in [0.717, 1.165) is 16.8 Å². The highest BCUT2D eigenvalue weighted by atomic mass is 31.3. The number of aliphatic hydroxyl groups excluding tert-OH is 2. The number of rotatable bonds is 9. The Kier molecular flexibility index (Phi) is 11.1. The van der Waals surface area contributed by atoms with Gasteiger partial charge in [0.25, 0.3) is 5.56 Å². The molecule has 32 heavy (non-hydrogen) atoms. The number of H-pyrrole nitrogens is 1. The first-order valence-electron chi connectivity index (χ1n) is 9.79. The third-order valence-corrected chi connectivity index (χ3v) is 6.97. The van der Waals surface area contributed by atoms with Gasteiger partial charge in [0.1, 0.15) is 18.3 Å². The molecule has 2 unspecified atom stereocenters. The highest BCUT2D eigenvalue weighted by molar-refractivity contribution is 7.63. The number of nitrogens with one attached hydrogen (secondary N) is 1. The highest BCUT2D eigenvalue weighted by Gasteiger charge is 2.45. The molecule has 0 aliphatic carbocycles. The van der Waals surface area contributed by atoms with Crippen LogP contribution in [0.3, 0.4) is 0 Å². The van der Waals surface area contributed by atoms with Crippen LogP contribution < -0.4 is 11.2 Å². The summed E-state index contributed by atoms with van der Waals surface area (Å²) in [6.45, 7) is 10.0. The Morgan fingerprint density at radius 1 is 1.12 bits per heavy atom. The third kappa shape index (κ3) is 8.99. The molecule has 5 N–H and O–H groups in total. The zero-order valence-corrected chi connectivity index (χ0v) is 20.0. The largest absolute Gasteiger partial charge is 0.479 e. The van der Waals surface area contributed by atoms with Gasteiger partial charge < -0.3 is 29.6 Å². The summed E-state index contributed by atoms with van der Waals surface area (Å²) >= 11 is 0. The Labute approximate surface area is 184 Å². The van der Waals surface area contributed by atoms with Gasteiger partial charge in [0.05, 0.1) is 6.61 Å². The van der Waals surface area contributed by atoms with Crippen molar-refractivity contribution in [3.8, 4) is 0 Å². The fraction of sp³-hybridized carbons (Fsp3) is 0.750. The van der Waals surface area contributed by atoms with Crippen LogP contribution in [0.15, 0.2) is 21.9 Å². The van der Waals surface area contributed by atoms with Crippen LogP contribution >= 0.6 is 15.4 Å². The first-order chi connectivity index (χ1) is 14.7. The van der Waals surface area contributed by atoms with Crippen molar-refractivity contribution in [3.05, 3.63) is 33.1 Å². The third-order valence-electron chi connectivity index (χ3n) is 4.46. The van der Waals surface area contributed by atoms with E-state index in [1.165, 1.54) is 19.6 Å². The SMILES string of the molecule is CCN(CC)CC.CP(=O)(O)OP(=O)(O)OC[C@H]1O[C@@H](n2ccc(=O)[nH]c2=O)[C@H](O)[C@@H]1O. The van der Waals surface area contributed by atoms with Gasteiger partial charge in [-0.3, -0.25) is 23.4 Å². The monoisotopic (exact) mass is 503 g/mol. The lowest BCUT2D eigenvalue weighted by Crippen LogP contribution is -2.37. The molecular formula is C16H31N3O11P2. The summed E-state index contributed by atoms with van der Waals surface area (Å²) in [5, 5.41) is 19.9. The van der Waals surface area contributed by atoms with Crippen molar-refractivity contribution in [2.24, 2.45) is 0 Å². The molecule has 2 heterocycles. The summed E-state index contributed by atoms with van der Waals surface area (Å²) < 4.78 is 37.0. The van der Waals surface area contributed by atoms with Crippen LogP contribution in [0.25, 0.3) is 0 Å². The van der Waals surface area contributed by atoms with E-state index in [4.69, 9.17) is 9.63 Å². The highest BCUT2D eigenvalue weighted by Crippen LogP contribution is 2.58. The molecule has 186 valence electrons. The summed E-state index contributed by atoms with van der Waals surface area (Å²) in [4.78, 5) is 45.3. The molecule has 0 amide bonds. The van der Waals surface area contributed by atoms with Gasteiger partial charge in [0.15, 0.2) is 6.23 Å². The van der Waals surface area contributed by atoms with E-state index < -0.39 is 57.8 Å². The van der Waals surface area contributed by atoms with Gasteiger partial charge in [0.2, 0.25) is 0 Å². The lowest BCUT2D eigenvalue weighted by atomic mass is 10.1. The van der Waals surface area contributed by atoms with Crippen molar-refractivity contribution >= 4 is 15.4 Å². The quantitative estimate of drug-likeness (QED) is 0.270. The Balaban J connectivity index is 0.000000633. The summed E-state index contributed by atoms with van der Waals surface area (Å²) in [5.41, 5.74) is -1.59. The maximum Gasteiger partial charge on any atom is 0.479 e. The molecule has 1 aromatic heterocycles. The average Bonchev–Trinajstić information content (AvgIpc) is 2.95. The van der Waals surface area contributed by atoms with Crippen molar-refractivity contribution in [3.63, 3.8) is 0 Å². The first kappa shape index (κ1) is 28.9. The molecule has 1 fully saturated rings. The molecule has 6 atom stereocenters. The van der Waals surface area contributed by atoms with E-state index in [1.807, 2.05) is 4.98 Å². The van der Waals surface area contributed by atoms with Gasteiger partial charge in [-0.15, -0.1) is 0 Å². The van der Waals surface area contributed by atoms with Crippen LogP contribution in [0.2, 0.25) is 0 Å². The molecule has 1 aromatic rings. The maximum atomic E-state index is 11.7. The van der Waals surface area contributed by atoms with Crippen molar-refractivity contribution in [1.82, 2.24) is 14.5 Å². The van der Waals surface area contributed by atoms with Gasteiger partial charge in [0, 0.05) is 18.9 Å². The molecule has 1 saturated heterocycles. The number of aromatic amines is 1. The standard InChI is InChI=1S/C10H16N2O11P2.C6H15N/c1-24(17,18)23-25(19,20)21-4-5-7(14)8(15)9(22-5)12-3-2-6(13)11-10(12)16;1-4-7(5-2)6-3/h2-3,5,7-9,14-15H,4H2,1H3,(H,17,18)(H,19,20)(H,11,13,16);4-6H2,1-3H3/t5-,7-,8-,9-;/m1./s1. The molecule has 1 aliphatic rings. The zero-order chi connectivity index (χ0) is 24.7. The summed E-state index contributed by atoms with van der Waals surface area (Å²) in [6, 6.07) is 0.990. The smallest absolute Gasteiger partial charge is 0.387 e. The Hall–Kier alpha value is -1.18.